The highest BCUT2D eigenvalue weighted by Crippen LogP contribution is 2.66. The summed E-state index contributed by atoms with van der Waals surface area (Å²) in [6.45, 7) is 0.329. The van der Waals surface area contributed by atoms with Crippen LogP contribution in [-0.4, -0.2) is 35.7 Å². The lowest BCUT2D eigenvalue weighted by Gasteiger charge is -2.63. The van der Waals surface area contributed by atoms with Gasteiger partial charge in [-0.05, 0) is 86.7 Å². The summed E-state index contributed by atoms with van der Waals surface area (Å²) < 4.78 is 28.6. The van der Waals surface area contributed by atoms with E-state index in [-0.39, 0.29) is 15.5 Å². The summed E-state index contributed by atoms with van der Waals surface area (Å²) in [5, 5.41) is 0.239. The van der Waals surface area contributed by atoms with E-state index in [4.69, 9.17) is 17.3 Å². The van der Waals surface area contributed by atoms with Crippen LogP contribution in [0.2, 0.25) is 5.15 Å². The summed E-state index contributed by atoms with van der Waals surface area (Å²) in [5.74, 6) is 1.33. The fourth-order valence-corrected chi connectivity index (χ4v) is 9.36. The number of hydrogen-bond donors (Lipinski definition) is 1. The Balaban J connectivity index is 1.62. The number of halogens is 1. The number of sulfonamides is 1. The standard InChI is InChI=1S/C20H26ClN3O3S/c21-17-3-2-16(12-23-17)28(26,27)24-5-1-4-20(24,18(22)25)19-9-13-6-14(10-19)8-15(7-13)11-19/h2-3,12-15H,1,4-11H2,(H2,22,25)/t13?,14?,15?,19?,20-/m0/s1. The number of rotatable bonds is 4. The molecule has 2 heterocycles. The maximum Gasteiger partial charge on any atom is 0.245 e. The molecule has 1 aromatic rings. The predicted octanol–water partition coefficient (Wildman–Crippen LogP) is 2.96. The summed E-state index contributed by atoms with van der Waals surface area (Å²) in [6.07, 6.45) is 8.90. The fraction of sp³-hybridized carbons (Fsp3) is 0.700. The van der Waals surface area contributed by atoms with Crippen molar-refractivity contribution in [1.82, 2.24) is 9.29 Å². The maximum atomic E-state index is 13.6. The number of amides is 1. The van der Waals surface area contributed by atoms with Gasteiger partial charge in [0.15, 0.2) is 0 Å². The first-order valence-corrected chi connectivity index (χ1v) is 12.0. The van der Waals surface area contributed by atoms with E-state index >= 15 is 0 Å². The van der Waals surface area contributed by atoms with Crippen molar-refractivity contribution >= 4 is 27.5 Å². The highest BCUT2D eigenvalue weighted by atomic mass is 35.5. The Morgan fingerprint density at radius 3 is 2.25 bits per heavy atom. The number of primary amides is 1. The molecule has 152 valence electrons. The Labute approximate surface area is 170 Å². The van der Waals surface area contributed by atoms with Gasteiger partial charge in [0.25, 0.3) is 0 Å². The molecule has 1 aliphatic heterocycles. The summed E-state index contributed by atoms with van der Waals surface area (Å²) >= 11 is 5.85. The Morgan fingerprint density at radius 1 is 1.14 bits per heavy atom. The van der Waals surface area contributed by atoms with Crippen LogP contribution in [-0.2, 0) is 14.8 Å². The third kappa shape index (κ3) is 2.45. The molecule has 4 bridgehead atoms. The van der Waals surface area contributed by atoms with Crippen LogP contribution >= 0.6 is 11.6 Å². The average molecular weight is 424 g/mol. The van der Waals surface area contributed by atoms with Crippen LogP contribution in [0.4, 0.5) is 0 Å². The molecule has 0 spiro atoms. The number of carbonyl (C=O) groups is 1. The van der Waals surface area contributed by atoms with Gasteiger partial charge in [0.05, 0.1) is 0 Å². The van der Waals surface area contributed by atoms with E-state index in [1.807, 2.05) is 0 Å². The first-order valence-electron chi connectivity index (χ1n) is 10.2. The number of nitrogens with zero attached hydrogens (tertiary/aromatic N) is 2. The van der Waals surface area contributed by atoms with Crippen LogP contribution in [0.1, 0.15) is 51.4 Å². The van der Waals surface area contributed by atoms with Gasteiger partial charge in [-0.15, -0.1) is 0 Å². The van der Waals surface area contributed by atoms with Crippen molar-refractivity contribution in [3.8, 4) is 0 Å². The molecule has 0 aromatic carbocycles. The molecule has 5 fully saturated rings. The predicted molar refractivity (Wildman–Crippen MR) is 105 cm³/mol. The van der Waals surface area contributed by atoms with Crippen LogP contribution in [0.3, 0.4) is 0 Å². The zero-order chi connectivity index (χ0) is 19.7. The van der Waals surface area contributed by atoms with Gasteiger partial charge in [-0.1, -0.05) is 11.6 Å². The second-order valence-electron chi connectivity index (χ2n) is 9.42. The number of pyridine rings is 1. The van der Waals surface area contributed by atoms with Crippen molar-refractivity contribution in [2.45, 2.75) is 61.8 Å². The topological polar surface area (TPSA) is 93.4 Å². The average Bonchev–Trinajstić information content (AvgIpc) is 3.09. The number of carbonyl (C=O) groups excluding carboxylic acids is 1. The third-order valence-corrected chi connectivity index (χ3v) is 10.1. The lowest BCUT2D eigenvalue weighted by molar-refractivity contribution is -0.154. The van der Waals surface area contributed by atoms with Gasteiger partial charge in [0.1, 0.15) is 15.6 Å². The van der Waals surface area contributed by atoms with Crippen molar-refractivity contribution in [3.63, 3.8) is 0 Å². The molecule has 2 N–H and O–H groups in total. The minimum atomic E-state index is -3.89. The minimum absolute atomic E-state index is 0.0779. The van der Waals surface area contributed by atoms with Crippen molar-refractivity contribution in [2.24, 2.45) is 28.9 Å². The lowest BCUT2D eigenvalue weighted by Crippen LogP contribution is -2.69. The molecule has 6 rings (SSSR count). The van der Waals surface area contributed by atoms with Gasteiger partial charge in [0.2, 0.25) is 15.9 Å². The van der Waals surface area contributed by atoms with Gasteiger partial charge in [-0.2, -0.15) is 4.31 Å². The molecule has 1 amide bonds. The van der Waals surface area contributed by atoms with Gasteiger partial charge in [-0.3, -0.25) is 4.79 Å². The minimum Gasteiger partial charge on any atom is -0.368 e. The third-order valence-electron chi connectivity index (χ3n) is 7.94. The van der Waals surface area contributed by atoms with E-state index in [0.717, 1.165) is 19.3 Å². The molecule has 1 atom stereocenters. The SMILES string of the molecule is NC(=O)[C@]1(C23CC4CC(CC(C4)C2)C3)CCCN1S(=O)(=O)c1ccc(Cl)nc1. The first kappa shape index (κ1) is 18.8. The summed E-state index contributed by atoms with van der Waals surface area (Å²) in [4.78, 5) is 17.1. The Hall–Kier alpha value is -1.18. The molecule has 4 aliphatic carbocycles. The number of hydrogen-bond acceptors (Lipinski definition) is 4. The van der Waals surface area contributed by atoms with Crippen LogP contribution in [0.15, 0.2) is 23.2 Å². The lowest BCUT2D eigenvalue weighted by atomic mass is 9.44. The van der Waals surface area contributed by atoms with E-state index in [0.29, 0.717) is 37.1 Å². The molecule has 1 aromatic heterocycles. The summed E-state index contributed by atoms with van der Waals surface area (Å²) in [5.41, 5.74) is 4.62. The van der Waals surface area contributed by atoms with E-state index in [2.05, 4.69) is 4.98 Å². The Bertz CT molecular complexity index is 882. The molecule has 5 aliphatic rings. The van der Waals surface area contributed by atoms with E-state index < -0.39 is 21.5 Å². The quantitative estimate of drug-likeness (QED) is 0.753. The molecule has 28 heavy (non-hydrogen) atoms. The maximum absolute atomic E-state index is 13.6. The molecule has 4 saturated carbocycles. The Morgan fingerprint density at radius 2 is 1.75 bits per heavy atom. The van der Waals surface area contributed by atoms with Gasteiger partial charge in [0, 0.05) is 12.7 Å². The zero-order valence-electron chi connectivity index (χ0n) is 15.8. The highest BCUT2D eigenvalue weighted by molar-refractivity contribution is 7.89. The Kier molecular flexibility index (Phi) is 4.14. The first-order chi connectivity index (χ1) is 13.3. The van der Waals surface area contributed by atoms with Crippen molar-refractivity contribution in [1.29, 1.82) is 0 Å². The van der Waals surface area contributed by atoms with Crippen LogP contribution < -0.4 is 5.73 Å². The van der Waals surface area contributed by atoms with E-state index in [1.54, 1.807) is 0 Å². The molecule has 0 radical (unpaired) electrons. The molecular weight excluding hydrogens is 398 g/mol. The smallest absolute Gasteiger partial charge is 0.245 e. The van der Waals surface area contributed by atoms with Gasteiger partial charge < -0.3 is 5.73 Å². The number of aromatic nitrogens is 1. The normalized spacial score (nSPS) is 40.1. The largest absolute Gasteiger partial charge is 0.368 e. The highest BCUT2D eigenvalue weighted by Gasteiger charge is 2.68. The van der Waals surface area contributed by atoms with Gasteiger partial charge in [-0.25, -0.2) is 13.4 Å². The van der Waals surface area contributed by atoms with E-state index in [1.165, 1.54) is 41.9 Å². The molecule has 0 unspecified atom stereocenters. The molecule has 6 nitrogen and oxygen atoms in total. The fourth-order valence-electron chi connectivity index (χ4n) is 7.42. The molecule has 8 heteroatoms. The van der Waals surface area contributed by atoms with Crippen molar-refractivity contribution < 1.29 is 13.2 Å². The van der Waals surface area contributed by atoms with Crippen LogP contribution in [0.25, 0.3) is 0 Å². The zero-order valence-corrected chi connectivity index (χ0v) is 17.4. The number of nitrogens with two attached hydrogens (primary N) is 1. The van der Waals surface area contributed by atoms with Crippen LogP contribution in [0.5, 0.6) is 0 Å². The van der Waals surface area contributed by atoms with Crippen LogP contribution in [0, 0.1) is 23.2 Å². The van der Waals surface area contributed by atoms with Crippen molar-refractivity contribution in [3.05, 3.63) is 23.5 Å². The summed E-state index contributed by atoms with van der Waals surface area (Å²) in [6, 6.07) is 2.94. The van der Waals surface area contributed by atoms with E-state index in [9.17, 15) is 13.2 Å². The van der Waals surface area contributed by atoms with Gasteiger partial charge >= 0.3 is 0 Å². The summed E-state index contributed by atoms with van der Waals surface area (Å²) in [7, 11) is -3.89. The molecule has 1 saturated heterocycles. The second kappa shape index (κ2) is 6.16. The molecular formula is C20H26ClN3O3S. The van der Waals surface area contributed by atoms with Crippen molar-refractivity contribution in [2.75, 3.05) is 6.54 Å². The second-order valence-corrected chi connectivity index (χ2v) is 11.7. The monoisotopic (exact) mass is 423 g/mol.